The lowest BCUT2D eigenvalue weighted by Crippen LogP contribution is -2.06. The maximum Gasteiger partial charge on any atom is 0.356 e. The third-order valence-corrected chi connectivity index (χ3v) is 2.05. The Kier molecular flexibility index (Phi) is 3.25. The van der Waals surface area contributed by atoms with E-state index in [2.05, 4.69) is 20.3 Å². The predicted octanol–water partition coefficient (Wildman–Crippen LogP) is 1.18. The number of rotatable bonds is 4. The van der Waals surface area contributed by atoms with Crippen molar-refractivity contribution in [2.75, 3.05) is 5.32 Å². The number of aromatic nitrogens is 3. The van der Waals surface area contributed by atoms with Gasteiger partial charge in [-0.05, 0) is 12.1 Å². The molecular formula is C11H10N4O2. The van der Waals surface area contributed by atoms with E-state index in [9.17, 15) is 4.79 Å². The van der Waals surface area contributed by atoms with Gasteiger partial charge in [0.15, 0.2) is 5.69 Å². The second-order valence-corrected chi connectivity index (χ2v) is 3.27. The number of anilines is 1. The molecule has 0 saturated heterocycles. The van der Waals surface area contributed by atoms with Crippen LogP contribution in [0.1, 0.15) is 16.2 Å². The van der Waals surface area contributed by atoms with Crippen LogP contribution in [0.3, 0.4) is 0 Å². The first-order chi connectivity index (χ1) is 8.25. The normalized spacial score (nSPS) is 9.88. The summed E-state index contributed by atoms with van der Waals surface area (Å²) in [5, 5.41) is 11.6. The molecule has 6 heteroatoms. The van der Waals surface area contributed by atoms with Gasteiger partial charge in [0.2, 0.25) is 0 Å². The summed E-state index contributed by atoms with van der Waals surface area (Å²) in [5.74, 6) is -0.575. The lowest BCUT2D eigenvalue weighted by Gasteiger charge is -2.04. The number of hydrogen-bond acceptors (Lipinski definition) is 5. The molecule has 2 aromatic rings. The second-order valence-electron chi connectivity index (χ2n) is 3.27. The maximum absolute atomic E-state index is 10.6. The van der Waals surface area contributed by atoms with Crippen LogP contribution in [0.25, 0.3) is 0 Å². The molecule has 0 aliphatic rings. The summed E-state index contributed by atoms with van der Waals surface area (Å²) in [7, 11) is 0. The summed E-state index contributed by atoms with van der Waals surface area (Å²) < 4.78 is 0. The van der Waals surface area contributed by atoms with Crippen LogP contribution in [0.15, 0.2) is 36.8 Å². The first-order valence-electron chi connectivity index (χ1n) is 4.95. The molecule has 2 aromatic heterocycles. The second kappa shape index (κ2) is 5.02. The van der Waals surface area contributed by atoms with Gasteiger partial charge in [-0.1, -0.05) is 6.07 Å². The Morgan fingerprint density at radius 3 is 2.71 bits per heavy atom. The minimum atomic E-state index is -1.09. The van der Waals surface area contributed by atoms with E-state index in [1.807, 2.05) is 18.2 Å². The molecule has 0 fully saturated rings. The summed E-state index contributed by atoms with van der Waals surface area (Å²) in [6, 6.07) is 5.61. The van der Waals surface area contributed by atoms with Crippen molar-refractivity contribution in [3.05, 3.63) is 48.2 Å². The first kappa shape index (κ1) is 11.0. The van der Waals surface area contributed by atoms with Crippen molar-refractivity contribution in [2.45, 2.75) is 6.54 Å². The van der Waals surface area contributed by atoms with Crippen molar-refractivity contribution in [1.82, 2.24) is 15.0 Å². The topological polar surface area (TPSA) is 88.0 Å². The molecule has 0 atom stereocenters. The first-order valence-corrected chi connectivity index (χ1v) is 4.95. The van der Waals surface area contributed by atoms with Crippen molar-refractivity contribution in [3.63, 3.8) is 0 Å². The fourth-order valence-electron chi connectivity index (χ4n) is 1.21. The molecule has 86 valence electrons. The molecule has 0 aliphatic heterocycles. The van der Waals surface area contributed by atoms with Crippen molar-refractivity contribution in [1.29, 1.82) is 0 Å². The zero-order chi connectivity index (χ0) is 12.1. The van der Waals surface area contributed by atoms with Crippen LogP contribution in [0.4, 0.5) is 5.82 Å². The lowest BCUT2D eigenvalue weighted by atomic mass is 10.3. The molecule has 0 amide bonds. The van der Waals surface area contributed by atoms with Gasteiger partial charge in [-0.25, -0.2) is 14.8 Å². The van der Waals surface area contributed by atoms with E-state index in [1.54, 1.807) is 6.20 Å². The zero-order valence-electron chi connectivity index (χ0n) is 8.87. The van der Waals surface area contributed by atoms with Gasteiger partial charge in [0.1, 0.15) is 5.82 Å². The van der Waals surface area contributed by atoms with Gasteiger partial charge in [0.25, 0.3) is 0 Å². The third kappa shape index (κ3) is 2.97. The van der Waals surface area contributed by atoms with E-state index in [0.717, 1.165) is 5.69 Å². The minimum absolute atomic E-state index is 0.0756. The molecule has 2 N–H and O–H groups in total. The lowest BCUT2D eigenvalue weighted by molar-refractivity contribution is 0.0690. The molecule has 0 aliphatic carbocycles. The highest BCUT2D eigenvalue weighted by atomic mass is 16.4. The molecule has 2 heterocycles. The Morgan fingerprint density at radius 2 is 2.12 bits per heavy atom. The fraction of sp³-hybridized carbons (Fsp3) is 0.0909. The molecule has 0 aromatic carbocycles. The average molecular weight is 230 g/mol. The SMILES string of the molecule is O=C(O)c1cnc(NCc2ccccn2)cn1. The molecule has 0 saturated carbocycles. The molecule has 0 spiro atoms. The van der Waals surface area contributed by atoms with Crippen molar-refractivity contribution in [2.24, 2.45) is 0 Å². The van der Waals surface area contributed by atoms with E-state index in [1.165, 1.54) is 12.4 Å². The van der Waals surface area contributed by atoms with E-state index in [0.29, 0.717) is 12.4 Å². The van der Waals surface area contributed by atoms with Crippen molar-refractivity contribution in [3.8, 4) is 0 Å². The van der Waals surface area contributed by atoms with Gasteiger partial charge >= 0.3 is 5.97 Å². The molecule has 2 rings (SSSR count). The number of carboxylic acids is 1. The van der Waals surface area contributed by atoms with E-state index >= 15 is 0 Å². The van der Waals surface area contributed by atoms with Gasteiger partial charge in [-0.15, -0.1) is 0 Å². The van der Waals surface area contributed by atoms with Crippen LogP contribution in [0.2, 0.25) is 0 Å². The number of carboxylic acid groups (broad SMARTS) is 1. The van der Waals surface area contributed by atoms with Gasteiger partial charge in [0.05, 0.1) is 24.6 Å². The van der Waals surface area contributed by atoms with Crippen molar-refractivity contribution < 1.29 is 9.90 Å². The Bertz CT molecular complexity index is 499. The Balaban J connectivity index is 1.98. The number of hydrogen-bond donors (Lipinski definition) is 2. The zero-order valence-corrected chi connectivity index (χ0v) is 8.87. The fourth-order valence-corrected chi connectivity index (χ4v) is 1.21. The largest absolute Gasteiger partial charge is 0.476 e. The molecule has 0 radical (unpaired) electrons. The highest BCUT2D eigenvalue weighted by Crippen LogP contribution is 2.03. The quantitative estimate of drug-likeness (QED) is 0.820. The molecule has 6 nitrogen and oxygen atoms in total. The van der Waals surface area contributed by atoms with Crippen LogP contribution in [0.5, 0.6) is 0 Å². The maximum atomic E-state index is 10.6. The Labute approximate surface area is 97.4 Å². The number of pyridine rings is 1. The van der Waals surface area contributed by atoms with Crippen LogP contribution in [0, 0.1) is 0 Å². The van der Waals surface area contributed by atoms with Crippen LogP contribution in [-0.2, 0) is 6.54 Å². The highest BCUT2D eigenvalue weighted by molar-refractivity contribution is 5.84. The summed E-state index contributed by atoms with van der Waals surface area (Å²) in [5.41, 5.74) is 0.796. The Morgan fingerprint density at radius 1 is 1.24 bits per heavy atom. The predicted molar refractivity (Wildman–Crippen MR) is 60.6 cm³/mol. The van der Waals surface area contributed by atoms with Crippen LogP contribution < -0.4 is 5.32 Å². The van der Waals surface area contributed by atoms with Gasteiger partial charge in [-0.3, -0.25) is 4.98 Å². The number of aromatic carboxylic acids is 1. The molecule has 17 heavy (non-hydrogen) atoms. The number of nitrogens with one attached hydrogen (secondary N) is 1. The van der Waals surface area contributed by atoms with E-state index in [4.69, 9.17) is 5.11 Å². The smallest absolute Gasteiger partial charge is 0.356 e. The van der Waals surface area contributed by atoms with Crippen molar-refractivity contribution >= 4 is 11.8 Å². The molecule has 0 unspecified atom stereocenters. The highest BCUT2D eigenvalue weighted by Gasteiger charge is 2.04. The van der Waals surface area contributed by atoms with E-state index in [-0.39, 0.29) is 5.69 Å². The standard InChI is InChI=1S/C11H10N4O2/c16-11(17)9-6-15-10(7-13-9)14-5-8-3-1-2-4-12-8/h1-4,6-7H,5H2,(H,14,15)(H,16,17). The summed E-state index contributed by atoms with van der Waals surface area (Å²) in [6.45, 7) is 0.516. The Hall–Kier alpha value is -2.50. The van der Waals surface area contributed by atoms with Gasteiger partial charge in [0, 0.05) is 6.20 Å². The molecular weight excluding hydrogens is 220 g/mol. The third-order valence-electron chi connectivity index (χ3n) is 2.05. The van der Waals surface area contributed by atoms with Crippen LogP contribution in [-0.4, -0.2) is 26.0 Å². The minimum Gasteiger partial charge on any atom is -0.476 e. The summed E-state index contributed by atoms with van der Waals surface area (Å²) >= 11 is 0. The summed E-state index contributed by atoms with van der Waals surface area (Å²) in [6.07, 6.45) is 4.30. The van der Waals surface area contributed by atoms with Gasteiger partial charge in [-0.2, -0.15) is 0 Å². The number of carbonyl (C=O) groups is 1. The monoisotopic (exact) mass is 230 g/mol. The summed E-state index contributed by atoms with van der Waals surface area (Å²) in [4.78, 5) is 22.4. The number of nitrogens with zero attached hydrogens (tertiary/aromatic N) is 3. The van der Waals surface area contributed by atoms with Gasteiger partial charge < -0.3 is 10.4 Å². The molecule has 0 bridgehead atoms. The van der Waals surface area contributed by atoms with Crippen LogP contribution >= 0.6 is 0 Å². The average Bonchev–Trinajstić information content (AvgIpc) is 2.38. The van der Waals surface area contributed by atoms with E-state index < -0.39 is 5.97 Å².